The molecule has 0 bridgehead atoms. The molecule has 0 unspecified atom stereocenters. The minimum absolute atomic E-state index is 0.0711. The number of benzene rings is 2. The molecule has 0 aliphatic carbocycles. The van der Waals surface area contributed by atoms with Crippen molar-refractivity contribution in [2.75, 3.05) is 17.2 Å². The first-order chi connectivity index (χ1) is 10.1. The Balaban J connectivity index is 1.72. The lowest BCUT2D eigenvalue weighted by molar-refractivity contribution is -0.118. The molecule has 0 fully saturated rings. The smallest absolute Gasteiger partial charge is 0.262 e. The number of aryl methyl sites for hydroxylation is 1. The molecule has 0 atom stereocenters. The van der Waals surface area contributed by atoms with E-state index in [-0.39, 0.29) is 12.5 Å². The van der Waals surface area contributed by atoms with Crippen LogP contribution in [0.4, 0.5) is 11.4 Å². The minimum Gasteiger partial charge on any atom is -0.482 e. The van der Waals surface area contributed by atoms with E-state index in [1.807, 2.05) is 43.3 Å². The van der Waals surface area contributed by atoms with Gasteiger partial charge in [-0.05, 0) is 42.3 Å². The predicted molar refractivity (Wildman–Crippen MR) is 84.1 cm³/mol. The first-order valence-electron chi connectivity index (χ1n) is 6.67. The van der Waals surface area contributed by atoms with Crippen LogP contribution in [0.5, 0.6) is 5.75 Å². The normalized spacial score (nSPS) is 13.1. The second-order valence-electron chi connectivity index (χ2n) is 4.98. The largest absolute Gasteiger partial charge is 0.482 e. The van der Waals surface area contributed by atoms with E-state index in [9.17, 15) is 4.79 Å². The van der Waals surface area contributed by atoms with Gasteiger partial charge in [-0.1, -0.05) is 23.7 Å². The zero-order chi connectivity index (χ0) is 14.8. The maximum absolute atomic E-state index is 11.3. The molecule has 1 amide bonds. The Morgan fingerprint density at radius 1 is 1.29 bits per heavy atom. The summed E-state index contributed by atoms with van der Waals surface area (Å²) in [6, 6.07) is 11.6. The van der Waals surface area contributed by atoms with Gasteiger partial charge in [-0.25, -0.2) is 0 Å². The number of amides is 1. The molecular weight excluding hydrogens is 288 g/mol. The average Bonchev–Trinajstić information content (AvgIpc) is 2.48. The third kappa shape index (κ3) is 3.11. The van der Waals surface area contributed by atoms with E-state index in [2.05, 4.69) is 10.6 Å². The number of fused-ring (bicyclic) bond motifs is 1. The Labute approximate surface area is 128 Å². The molecule has 5 heteroatoms. The van der Waals surface area contributed by atoms with Gasteiger partial charge in [0, 0.05) is 17.3 Å². The Bertz CT molecular complexity index is 701. The maximum atomic E-state index is 11.3. The number of rotatable bonds is 3. The van der Waals surface area contributed by atoms with Gasteiger partial charge in [0.05, 0.1) is 5.69 Å². The highest BCUT2D eigenvalue weighted by Crippen LogP contribution is 2.30. The third-order valence-corrected chi connectivity index (χ3v) is 3.75. The lowest BCUT2D eigenvalue weighted by Gasteiger charge is -2.19. The molecule has 0 radical (unpaired) electrons. The number of nitrogens with one attached hydrogen (secondary N) is 2. The highest BCUT2D eigenvalue weighted by molar-refractivity contribution is 6.31. The number of anilines is 2. The van der Waals surface area contributed by atoms with Gasteiger partial charge >= 0.3 is 0 Å². The van der Waals surface area contributed by atoms with Crippen molar-refractivity contribution >= 4 is 28.9 Å². The van der Waals surface area contributed by atoms with E-state index in [1.54, 1.807) is 0 Å². The molecule has 3 rings (SSSR count). The van der Waals surface area contributed by atoms with Crippen molar-refractivity contribution in [1.29, 1.82) is 0 Å². The second kappa shape index (κ2) is 5.66. The van der Waals surface area contributed by atoms with Crippen LogP contribution in [-0.2, 0) is 11.3 Å². The summed E-state index contributed by atoms with van der Waals surface area (Å²) in [5.41, 5.74) is 3.77. The van der Waals surface area contributed by atoms with Crippen LogP contribution in [0, 0.1) is 6.92 Å². The van der Waals surface area contributed by atoms with Crippen LogP contribution in [-0.4, -0.2) is 12.5 Å². The summed E-state index contributed by atoms with van der Waals surface area (Å²) in [6.07, 6.45) is 0. The summed E-state index contributed by atoms with van der Waals surface area (Å²) >= 11 is 6.11. The van der Waals surface area contributed by atoms with Gasteiger partial charge in [-0.15, -0.1) is 0 Å². The second-order valence-corrected chi connectivity index (χ2v) is 5.39. The van der Waals surface area contributed by atoms with E-state index >= 15 is 0 Å². The van der Waals surface area contributed by atoms with E-state index in [1.165, 1.54) is 0 Å². The lowest BCUT2D eigenvalue weighted by atomic mass is 10.1. The number of hydrogen-bond acceptors (Lipinski definition) is 3. The van der Waals surface area contributed by atoms with E-state index < -0.39 is 0 Å². The fourth-order valence-corrected chi connectivity index (χ4v) is 2.35. The summed E-state index contributed by atoms with van der Waals surface area (Å²) < 4.78 is 5.33. The minimum atomic E-state index is -0.134. The number of carbonyl (C=O) groups excluding carboxylic acids is 1. The van der Waals surface area contributed by atoms with Crippen molar-refractivity contribution in [2.24, 2.45) is 0 Å². The van der Waals surface area contributed by atoms with Gasteiger partial charge in [0.15, 0.2) is 6.61 Å². The summed E-state index contributed by atoms with van der Waals surface area (Å²) in [5.74, 6) is 0.559. The molecule has 1 aliphatic heterocycles. The standard InChI is InChI=1S/C16H15ClN2O2/c1-10-2-3-11(6-13(10)17)8-18-12-4-5-15-14(7-12)19-16(20)9-21-15/h2-7,18H,8-9H2,1H3,(H,19,20). The van der Waals surface area contributed by atoms with Crippen molar-refractivity contribution in [2.45, 2.75) is 13.5 Å². The van der Waals surface area contributed by atoms with Gasteiger partial charge in [0.2, 0.25) is 0 Å². The molecule has 1 heterocycles. The SMILES string of the molecule is Cc1ccc(CNc2ccc3c(c2)NC(=O)CO3)cc1Cl. The highest BCUT2D eigenvalue weighted by Gasteiger charge is 2.15. The third-order valence-electron chi connectivity index (χ3n) is 3.35. The van der Waals surface area contributed by atoms with Gasteiger partial charge in [-0.2, -0.15) is 0 Å². The van der Waals surface area contributed by atoms with Gasteiger partial charge in [0.1, 0.15) is 5.75 Å². The zero-order valence-corrected chi connectivity index (χ0v) is 12.3. The number of carbonyl (C=O) groups is 1. The van der Waals surface area contributed by atoms with Crippen molar-refractivity contribution in [3.05, 3.63) is 52.5 Å². The van der Waals surface area contributed by atoms with Crippen molar-refractivity contribution in [3.63, 3.8) is 0 Å². The molecule has 0 saturated carbocycles. The van der Waals surface area contributed by atoms with Gasteiger partial charge < -0.3 is 15.4 Å². The summed E-state index contributed by atoms with van der Waals surface area (Å²) in [6.45, 7) is 2.71. The lowest BCUT2D eigenvalue weighted by Crippen LogP contribution is -2.25. The summed E-state index contributed by atoms with van der Waals surface area (Å²) in [5, 5.41) is 6.86. The molecule has 1 aliphatic rings. The quantitative estimate of drug-likeness (QED) is 0.911. The fourth-order valence-electron chi connectivity index (χ4n) is 2.14. The van der Waals surface area contributed by atoms with Crippen LogP contribution >= 0.6 is 11.6 Å². The van der Waals surface area contributed by atoms with Gasteiger partial charge in [0.25, 0.3) is 5.91 Å². The highest BCUT2D eigenvalue weighted by atomic mass is 35.5. The Hall–Kier alpha value is -2.20. The van der Waals surface area contributed by atoms with Crippen molar-refractivity contribution in [1.82, 2.24) is 0 Å². The fraction of sp³-hybridized carbons (Fsp3) is 0.188. The Morgan fingerprint density at radius 3 is 2.95 bits per heavy atom. The number of halogens is 1. The molecule has 0 saturated heterocycles. The molecule has 2 N–H and O–H groups in total. The topological polar surface area (TPSA) is 50.4 Å². The first-order valence-corrected chi connectivity index (χ1v) is 7.05. The van der Waals surface area contributed by atoms with Crippen LogP contribution in [0.15, 0.2) is 36.4 Å². The molecule has 0 aromatic heterocycles. The number of hydrogen-bond donors (Lipinski definition) is 2. The zero-order valence-electron chi connectivity index (χ0n) is 11.6. The summed E-state index contributed by atoms with van der Waals surface area (Å²) in [4.78, 5) is 11.3. The molecule has 21 heavy (non-hydrogen) atoms. The molecular formula is C16H15ClN2O2. The molecule has 108 valence electrons. The van der Waals surface area contributed by atoms with Crippen LogP contribution in [0.25, 0.3) is 0 Å². The van der Waals surface area contributed by atoms with E-state index in [4.69, 9.17) is 16.3 Å². The van der Waals surface area contributed by atoms with Crippen molar-refractivity contribution in [3.8, 4) is 5.75 Å². The Kier molecular flexibility index (Phi) is 3.71. The Morgan fingerprint density at radius 2 is 2.14 bits per heavy atom. The van der Waals surface area contributed by atoms with Gasteiger partial charge in [-0.3, -0.25) is 4.79 Å². The average molecular weight is 303 g/mol. The van der Waals surface area contributed by atoms with E-state index in [0.717, 1.165) is 21.8 Å². The summed E-state index contributed by atoms with van der Waals surface area (Å²) in [7, 11) is 0. The number of ether oxygens (including phenoxy) is 1. The first kappa shape index (κ1) is 13.8. The molecule has 0 spiro atoms. The van der Waals surface area contributed by atoms with Crippen LogP contribution in [0.3, 0.4) is 0 Å². The predicted octanol–water partition coefficient (Wildman–Crippen LogP) is 3.59. The monoisotopic (exact) mass is 302 g/mol. The van der Waals surface area contributed by atoms with Crippen LogP contribution < -0.4 is 15.4 Å². The van der Waals surface area contributed by atoms with Crippen LogP contribution in [0.1, 0.15) is 11.1 Å². The molecule has 2 aromatic rings. The maximum Gasteiger partial charge on any atom is 0.262 e. The van der Waals surface area contributed by atoms with Crippen LogP contribution in [0.2, 0.25) is 5.02 Å². The van der Waals surface area contributed by atoms with E-state index in [0.29, 0.717) is 18.0 Å². The molecule has 2 aromatic carbocycles. The molecule has 4 nitrogen and oxygen atoms in total. The van der Waals surface area contributed by atoms with Crippen molar-refractivity contribution < 1.29 is 9.53 Å².